The normalized spacial score (nSPS) is 13.9. The number of nitrogens with zero attached hydrogens (tertiary/aromatic N) is 2. The van der Waals surface area contributed by atoms with E-state index in [1.165, 1.54) is 0 Å². The van der Waals surface area contributed by atoms with Crippen LogP contribution in [-0.2, 0) is 11.3 Å². The van der Waals surface area contributed by atoms with E-state index in [0.717, 1.165) is 18.7 Å². The van der Waals surface area contributed by atoms with Gasteiger partial charge in [-0.1, -0.05) is 13.3 Å². The maximum absolute atomic E-state index is 10.1. The van der Waals surface area contributed by atoms with E-state index in [0.29, 0.717) is 24.8 Å². The minimum absolute atomic E-state index is 0.357. The SMILES string of the molecule is CCCC(C)(O)CNc1cc(NC)nc(COC)n1. The number of anilines is 2. The van der Waals surface area contributed by atoms with E-state index < -0.39 is 5.60 Å². The third-order valence-electron chi connectivity index (χ3n) is 2.74. The maximum atomic E-state index is 10.1. The highest BCUT2D eigenvalue weighted by Crippen LogP contribution is 2.15. The molecule has 0 bridgehead atoms. The van der Waals surface area contributed by atoms with Gasteiger partial charge in [0.2, 0.25) is 0 Å². The van der Waals surface area contributed by atoms with Gasteiger partial charge in [-0.15, -0.1) is 0 Å². The van der Waals surface area contributed by atoms with Crippen LogP contribution >= 0.6 is 0 Å². The lowest BCUT2D eigenvalue weighted by molar-refractivity contribution is 0.0636. The van der Waals surface area contributed by atoms with Crippen LogP contribution in [0.1, 0.15) is 32.5 Å². The van der Waals surface area contributed by atoms with Crippen molar-refractivity contribution >= 4 is 11.6 Å². The largest absolute Gasteiger partial charge is 0.388 e. The molecule has 0 aliphatic carbocycles. The molecule has 1 atom stereocenters. The summed E-state index contributed by atoms with van der Waals surface area (Å²) in [6.45, 7) is 4.68. The van der Waals surface area contributed by atoms with Crippen molar-refractivity contribution < 1.29 is 9.84 Å². The highest BCUT2D eigenvalue weighted by atomic mass is 16.5. The molecule has 19 heavy (non-hydrogen) atoms. The van der Waals surface area contributed by atoms with Crippen LogP contribution in [0.4, 0.5) is 11.6 Å². The molecule has 1 aromatic heterocycles. The molecule has 6 nitrogen and oxygen atoms in total. The molecule has 0 saturated heterocycles. The molecule has 3 N–H and O–H groups in total. The molecule has 0 aromatic carbocycles. The lowest BCUT2D eigenvalue weighted by Crippen LogP contribution is -2.33. The Morgan fingerprint density at radius 2 is 2.05 bits per heavy atom. The van der Waals surface area contributed by atoms with Gasteiger partial charge in [-0.3, -0.25) is 0 Å². The molecule has 108 valence electrons. The summed E-state index contributed by atoms with van der Waals surface area (Å²) in [5, 5.41) is 16.3. The fourth-order valence-electron chi connectivity index (χ4n) is 1.82. The Morgan fingerprint density at radius 1 is 1.37 bits per heavy atom. The zero-order chi connectivity index (χ0) is 14.3. The van der Waals surface area contributed by atoms with Crippen LogP contribution < -0.4 is 10.6 Å². The molecule has 0 fully saturated rings. The molecule has 0 radical (unpaired) electrons. The molecule has 6 heteroatoms. The van der Waals surface area contributed by atoms with E-state index in [4.69, 9.17) is 4.74 Å². The molecule has 1 rings (SSSR count). The molecule has 1 heterocycles. The third kappa shape index (κ3) is 5.40. The second kappa shape index (κ2) is 7.25. The summed E-state index contributed by atoms with van der Waals surface area (Å²) in [7, 11) is 3.41. The topological polar surface area (TPSA) is 79.3 Å². The number of rotatable bonds is 8. The summed E-state index contributed by atoms with van der Waals surface area (Å²) in [6.07, 6.45) is 1.68. The van der Waals surface area contributed by atoms with E-state index >= 15 is 0 Å². The Hall–Kier alpha value is -1.40. The van der Waals surface area contributed by atoms with Crippen molar-refractivity contribution in [3.63, 3.8) is 0 Å². The Balaban J connectivity index is 2.74. The van der Waals surface area contributed by atoms with Crippen molar-refractivity contribution in [2.24, 2.45) is 0 Å². The van der Waals surface area contributed by atoms with Crippen LogP contribution in [0.3, 0.4) is 0 Å². The summed E-state index contributed by atoms with van der Waals surface area (Å²) in [5.74, 6) is 2.01. The van der Waals surface area contributed by atoms with Gasteiger partial charge < -0.3 is 20.5 Å². The number of methoxy groups -OCH3 is 1. The molecular weight excluding hydrogens is 244 g/mol. The van der Waals surface area contributed by atoms with Crippen molar-refractivity contribution in [1.82, 2.24) is 9.97 Å². The predicted octanol–water partition coefficient (Wildman–Crippen LogP) is 1.63. The monoisotopic (exact) mass is 268 g/mol. The van der Waals surface area contributed by atoms with E-state index in [-0.39, 0.29) is 0 Å². The van der Waals surface area contributed by atoms with E-state index in [2.05, 4.69) is 27.5 Å². The number of hydrogen-bond donors (Lipinski definition) is 3. The van der Waals surface area contributed by atoms with Crippen LogP contribution in [-0.4, -0.2) is 41.4 Å². The van der Waals surface area contributed by atoms with E-state index in [9.17, 15) is 5.11 Å². The Labute approximate surface area is 114 Å². The Bertz CT molecular complexity index is 396. The van der Waals surface area contributed by atoms with E-state index in [1.807, 2.05) is 6.92 Å². The fraction of sp³-hybridized carbons (Fsp3) is 0.692. The quantitative estimate of drug-likeness (QED) is 0.665. The summed E-state index contributed by atoms with van der Waals surface area (Å²) in [6, 6.07) is 1.81. The van der Waals surface area contributed by atoms with E-state index in [1.54, 1.807) is 20.2 Å². The molecule has 0 aliphatic rings. The zero-order valence-electron chi connectivity index (χ0n) is 12.2. The first kappa shape index (κ1) is 15.7. The van der Waals surface area contributed by atoms with Crippen molar-refractivity contribution in [3.8, 4) is 0 Å². The van der Waals surface area contributed by atoms with Gasteiger partial charge in [0.1, 0.15) is 18.2 Å². The van der Waals surface area contributed by atoms with Crippen LogP contribution in [0.25, 0.3) is 0 Å². The van der Waals surface area contributed by atoms with Crippen molar-refractivity contribution in [2.75, 3.05) is 31.3 Å². The summed E-state index contributed by atoms with van der Waals surface area (Å²) < 4.78 is 5.04. The predicted molar refractivity (Wildman–Crippen MR) is 76.3 cm³/mol. The number of hydrogen-bond acceptors (Lipinski definition) is 6. The van der Waals surface area contributed by atoms with Crippen LogP contribution in [0.15, 0.2) is 6.07 Å². The van der Waals surface area contributed by atoms with Gasteiger partial charge in [0.15, 0.2) is 5.82 Å². The standard InChI is InChI=1S/C13H24N4O2/c1-5-6-13(2,18)9-15-11-7-10(14-3)16-12(17-11)8-19-4/h7,18H,5-6,8-9H2,1-4H3,(H2,14,15,16,17). The lowest BCUT2D eigenvalue weighted by Gasteiger charge is -2.23. The molecule has 0 spiro atoms. The van der Waals surface area contributed by atoms with Crippen LogP contribution in [0.5, 0.6) is 0 Å². The molecule has 0 aliphatic heterocycles. The summed E-state index contributed by atoms with van der Waals surface area (Å²) >= 11 is 0. The van der Waals surface area contributed by atoms with Crippen molar-refractivity contribution in [1.29, 1.82) is 0 Å². The van der Waals surface area contributed by atoms with Gasteiger partial charge in [-0.05, 0) is 13.3 Å². The average Bonchev–Trinajstić information content (AvgIpc) is 2.36. The molecule has 1 unspecified atom stereocenters. The van der Waals surface area contributed by atoms with Gasteiger partial charge in [0.25, 0.3) is 0 Å². The minimum Gasteiger partial charge on any atom is -0.388 e. The lowest BCUT2D eigenvalue weighted by atomic mass is 10.0. The first-order valence-electron chi connectivity index (χ1n) is 6.51. The first-order chi connectivity index (χ1) is 9.00. The Kier molecular flexibility index (Phi) is 5.98. The zero-order valence-corrected chi connectivity index (χ0v) is 12.2. The minimum atomic E-state index is -0.735. The van der Waals surface area contributed by atoms with Gasteiger partial charge in [0, 0.05) is 26.8 Å². The number of aromatic nitrogens is 2. The summed E-state index contributed by atoms with van der Waals surface area (Å²) in [5.41, 5.74) is -0.735. The van der Waals surface area contributed by atoms with Crippen LogP contribution in [0, 0.1) is 0 Å². The van der Waals surface area contributed by atoms with Gasteiger partial charge in [0.05, 0.1) is 5.60 Å². The Morgan fingerprint density at radius 3 is 2.63 bits per heavy atom. The number of aliphatic hydroxyl groups is 1. The number of ether oxygens (including phenoxy) is 1. The fourth-order valence-corrected chi connectivity index (χ4v) is 1.82. The van der Waals surface area contributed by atoms with Gasteiger partial charge in [-0.25, -0.2) is 9.97 Å². The van der Waals surface area contributed by atoms with Gasteiger partial charge >= 0.3 is 0 Å². The molecule has 1 aromatic rings. The van der Waals surface area contributed by atoms with Crippen LogP contribution in [0.2, 0.25) is 0 Å². The maximum Gasteiger partial charge on any atom is 0.158 e. The first-order valence-corrected chi connectivity index (χ1v) is 6.51. The molecule has 0 saturated carbocycles. The van der Waals surface area contributed by atoms with Gasteiger partial charge in [-0.2, -0.15) is 0 Å². The number of nitrogens with one attached hydrogen (secondary N) is 2. The van der Waals surface area contributed by atoms with Crippen molar-refractivity contribution in [2.45, 2.75) is 38.9 Å². The second-order valence-electron chi connectivity index (χ2n) is 4.84. The smallest absolute Gasteiger partial charge is 0.158 e. The molecular formula is C13H24N4O2. The third-order valence-corrected chi connectivity index (χ3v) is 2.74. The highest BCUT2D eigenvalue weighted by molar-refractivity contribution is 5.47. The highest BCUT2D eigenvalue weighted by Gasteiger charge is 2.19. The molecule has 0 amide bonds. The second-order valence-corrected chi connectivity index (χ2v) is 4.84. The summed E-state index contributed by atoms with van der Waals surface area (Å²) in [4.78, 5) is 8.61. The van der Waals surface area contributed by atoms with Crippen molar-refractivity contribution in [3.05, 3.63) is 11.9 Å². The average molecular weight is 268 g/mol.